The highest BCUT2D eigenvalue weighted by Gasteiger charge is 2.23. The molecule has 0 aliphatic rings. The third-order valence-electron chi connectivity index (χ3n) is 6.26. The summed E-state index contributed by atoms with van der Waals surface area (Å²) in [5.74, 6) is -0.241. The second kappa shape index (κ2) is 9.25. The van der Waals surface area contributed by atoms with Crippen LogP contribution in [0.25, 0.3) is 0 Å². The van der Waals surface area contributed by atoms with Crippen LogP contribution in [0.15, 0.2) is 47.5 Å². The van der Waals surface area contributed by atoms with E-state index in [0.29, 0.717) is 11.3 Å². The number of sulfonamides is 1. The van der Waals surface area contributed by atoms with Gasteiger partial charge in [-0.1, -0.05) is 26.8 Å². The first-order valence-corrected chi connectivity index (χ1v) is 12.7. The fourth-order valence-corrected chi connectivity index (χ4v) is 5.14. The molecule has 0 bridgehead atoms. The van der Waals surface area contributed by atoms with Crippen molar-refractivity contribution in [2.45, 2.75) is 64.8 Å². The summed E-state index contributed by atoms with van der Waals surface area (Å²) >= 11 is 0. The number of nitrogens with zero attached hydrogens (tertiary/aromatic N) is 2. The maximum atomic E-state index is 13.2. The Morgan fingerprint density at radius 1 is 1.06 bits per heavy atom. The topological polar surface area (TPSA) is 93.1 Å². The fourth-order valence-electron chi connectivity index (χ4n) is 3.74. The van der Waals surface area contributed by atoms with Gasteiger partial charge in [0.25, 0.3) is 15.9 Å². The molecule has 34 heavy (non-hydrogen) atoms. The average molecular weight is 483 g/mol. The first kappa shape index (κ1) is 25.5. The van der Waals surface area contributed by atoms with E-state index in [-0.39, 0.29) is 22.3 Å². The summed E-state index contributed by atoms with van der Waals surface area (Å²) in [5.41, 5.74) is 5.20. The van der Waals surface area contributed by atoms with Crippen LogP contribution in [0.2, 0.25) is 0 Å². The maximum absolute atomic E-state index is 13.2. The molecule has 1 amide bonds. The highest BCUT2D eigenvalue weighted by atomic mass is 32.2. The second-order valence-corrected chi connectivity index (χ2v) is 11.5. The summed E-state index contributed by atoms with van der Waals surface area (Å²) in [6.45, 7) is 13.8. The predicted molar refractivity (Wildman–Crippen MR) is 136 cm³/mol. The Balaban J connectivity index is 1.78. The van der Waals surface area contributed by atoms with Crippen LogP contribution in [0.5, 0.6) is 0 Å². The third-order valence-corrected chi connectivity index (χ3v) is 7.77. The lowest BCUT2D eigenvalue weighted by Gasteiger charge is -2.22. The zero-order valence-corrected chi connectivity index (χ0v) is 22.0. The zero-order valence-electron chi connectivity index (χ0n) is 21.1. The number of carbonyl (C=O) groups is 1. The molecule has 1 heterocycles. The lowest BCUT2D eigenvalue weighted by molar-refractivity contribution is 0.0940. The van der Waals surface area contributed by atoms with Gasteiger partial charge in [-0.2, -0.15) is 5.10 Å². The number of nitrogens with one attached hydrogen (secondary N) is 2. The normalized spacial score (nSPS) is 12.9. The summed E-state index contributed by atoms with van der Waals surface area (Å²) in [5, 5.41) is 7.18. The number of benzene rings is 2. The van der Waals surface area contributed by atoms with E-state index in [1.807, 2.05) is 40.8 Å². The van der Waals surface area contributed by atoms with Gasteiger partial charge in [-0.15, -0.1) is 0 Å². The van der Waals surface area contributed by atoms with Crippen LogP contribution in [0.1, 0.15) is 72.0 Å². The van der Waals surface area contributed by atoms with Crippen molar-refractivity contribution in [2.75, 3.05) is 4.72 Å². The van der Waals surface area contributed by atoms with E-state index in [1.165, 1.54) is 0 Å². The first-order valence-electron chi connectivity index (χ1n) is 11.2. The second-order valence-electron chi connectivity index (χ2n) is 9.85. The van der Waals surface area contributed by atoms with Crippen molar-refractivity contribution in [3.8, 4) is 0 Å². The molecule has 0 aliphatic carbocycles. The largest absolute Gasteiger partial charge is 0.345 e. The first-order chi connectivity index (χ1) is 15.7. The van der Waals surface area contributed by atoms with E-state index in [1.54, 1.807) is 41.2 Å². The van der Waals surface area contributed by atoms with Gasteiger partial charge in [-0.25, -0.2) is 8.42 Å². The number of hydrogen-bond acceptors (Lipinski definition) is 4. The summed E-state index contributed by atoms with van der Waals surface area (Å²) in [6.07, 6.45) is 1.75. The van der Waals surface area contributed by atoms with E-state index >= 15 is 0 Å². The summed E-state index contributed by atoms with van der Waals surface area (Å²) in [7, 11) is -1.94. The van der Waals surface area contributed by atoms with Gasteiger partial charge >= 0.3 is 0 Å². The van der Waals surface area contributed by atoms with Gasteiger partial charge in [0.15, 0.2) is 0 Å². The number of rotatable bonds is 6. The minimum Gasteiger partial charge on any atom is -0.345 e. The Morgan fingerprint density at radius 3 is 2.21 bits per heavy atom. The van der Waals surface area contributed by atoms with E-state index in [9.17, 15) is 13.2 Å². The van der Waals surface area contributed by atoms with Gasteiger partial charge in [0, 0.05) is 29.6 Å². The Labute approximate surface area is 202 Å². The molecule has 182 valence electrons. The molecule has 8 heteroatoms. The van der Waals surface area contributed by atoms with Crippen LogP contribution >= 0.6 is 0 Å². The lowest BCUT2D eigenvalue weighted by Crippen LogP contribution is -2.27. The molecule has 1 aromatic heterocycles. The molecule has 2 aromatic carbocycles. The molecule has 0 spiro atoms. The van der Waals surface area contributed by atoms with Gasteiger partial charge < -0.3 is 5.32 Å². The molecule has 0 aliphatic heterocycles. The van der Waals surface area contributed by atoms with Gasteiger partial charge in [0.05, 0.1) is 17.1 Å². The molecule has 0 radical (unpaired) electrons. The Kier molecular flexibility index (Phi) is 6.94. The maximum Gasteiger partial charge on any atom is 0.262 e. The van der Waals surface area contributed by atoms with Gasteiger partial charge in [-0.3, -0.25) is 14.2 Å². The minimum atomic E-state index is -3.80. The molecule has 0 saturated heterocycles. The molecule has 3 aromatic rings. The quantitative estimate of drug-likeness (QED) is 0.521. The number of anilines is 1. The molecular formula is C26H34N4O3S. The Morgan fingerprint density at radius 2 is 1.68 bits per heavy atom. The average Bonchev–Trinajstić information content (AvgIpc) is 3.07. The molecule has 1 atom stereocenters. The van der Waals surface area contributed by atoms with Crippen molar-refractivity contribution in [2.24, 2.45) is 7.05 Å². The smallest absolute Gasteiger partial charge is 0.262 e. The summed E-state index contributed by atoms with van der Waals surface area (Å²) in [4.78, 5) is 13.0. The van der Waals surface area contributed by atoms with Crippen molar-refractivity contribution in [1.82, 2.24) is 15.1 Å². The monoisotopic (exact) mass is 482 g/mol. The third kappa shape index (κ3) is 5.33. The number of carbonyl (C=O) groups excluding carboxylic acids is 1. The van der Waals surface area contributed by atoms with Crippen molar-refractivity contribution in [3.63, 3.8) is 0 Å². The van der Waals surface area contributed by atoms with E-state index < -0.39 is 10.0 Å². The van der Waals surface area contributed by atoms with Crippen molar-refractivity contribution in [1.29, 1.82) is 0 Å². The van der Waals surface area contributed by atoms with Crippen molar-refractivity contribution >= 4 is 21.6 Å². The molecular weight excluding hydrogens is 448 g/mol. The van der Waals surface area contributed by atoms with Crippen LogP contribution < -0.4 is 10.0 Å². The highest BCUT2D eigenvalue weighted by molar-refractivity contribution is 7.92. The van der Waals surface area contributed by atoms with Crippen molar-refractivity contribution in [3.05, 3.63) is 76.1 Å². The summed E-state index contributed by atoms with van der Waals surface area (Å²) < 4.78 is 30.8. The molecule has 0 fully saturated rings. The predicted octanol–water partition coefficient (Wildman–Crippen LogP) is 4.93. The van der Waals surface area contributed by atoms with Gasteiger partial charge in [0.2, 0.25) is 0 Å². The SMILES string of the molecule is Cc1cc(C(C)(C)C)cc(S(=O)(=O)Nc2ccc(C(=O)NC(C)c3cnn(C)c3C)cc2)c1C. The molecule has 1 unspecified atom stereocenters. The van der Waals surface area contributed by atoms with Crippen LogP contribution in [0, 0.1) is 20.8 Å². The molecule has 0 saturated carbocycles. The fraction of sp³-hybridized carbons (Fsp3) is 0.385. The summed E-state index contributed by atoms with van der Waals surface area (Å²) in [6, 6.07) is 9.99. The van der Waals surface area contributed by atoms with E-state index in [0.717, 1.165) is 27.9 Å². The van der Waals surface area contributed by atoms with Crippen molar-refractivity contribution < 1.29 is 13.2 Å². The lowest BCUT2D eigenvalue weighted by atomic mass is 9.85. The minimum absolute atomic E-state index is 0.177. The van der Waals surface area contributed by atoms with Crippen LogP contribution in [-0.2, 0) is 22.5 Å². The number of amides is 1. The number of aryl methyl sites for hydroxylation is 2. The molecule has 7 nitrogen and oxygen atoms in total. The molecule has 2 N–H and O–H groups in total. The zero-order chi connectivity index (χ0) is 25.4. The Hall–Kier alpha value is -3.13. The highest BCUT2D eigenvalue weighted by Crippen LogP contribution is 2.30. The Bertz CT molecular complexity index is 1320. The number of aromatic nitrogens is 2. The van der Waals surface area contributed by atoms with E-state index in [2.05, 4.69) is 35.9 Å². The van der Waals surface area contributed by atoms with Gasteiger partial charge in [-0.05, 0) is 80.1 Å². The van der Waals surface area contributed by atoms with Crippen LogP contribution in [-0.4, -0.2) is 24.1 Å². The van der Waals surface area contributed by atoms with Crippen LogP contribution in [0.4, 0.5) is 5.69 Å². The van der Waals surface area contributed by atoms with E-state index in [4.69, 9.17) is 0 Å². The molecule has 3 rings (SSSR count). The standard InChI is InChI=1S/C26H34N4O3S/c1-16-13-21(26(5,6)7)14-24(17(16)2)34(32,33)29-22-11-9-20(10-12-22)25(31)28-18(3)23-15-27-30(8)19(23)4/h9-15,18,29H,1-8H3,(H,28,31). The van der Waals surface area contributed by atoms with Crippen LogP contribution in [0.3, 0.4) is 0 Å². The van der Waals surface area contributed by atoms with Gasteiger partial charge in [0.1, 0.15) is 0 Å². The number of hydrogen-bond donors (Lipinski definition) is 2.